The monoisotopic (exact) mass is 235 g/mol. The van der Waals surface area contributed by atoms with Crippen molar-refractivity contribution >= 4 is 5.69 Å². The second-order valence-electron chi connectivity index (χ2n) is 5.20. The Hall–Kier alpha value is -1.18. The third-order valence-corrected chi connectivity index (χ3v) is 3.02. The van der Waals surface area contributed by atoms with Gasteiger partial charge < -0.3 is 10.1 Å². The summed E-state index contributed by atoms with van der Waals surface area (Å²) in [5.74, 6) is 1.68. The molecule has 0 aliphatic carbocycles. The Morgan fingerprint density at radius 1 is 1.18 bits per heavy atom. The molecule has 0 saturated carbocycles. The molecule has 0 saturated heterocycles. The summed E-state index contributed by atoms with van der Waals surface area (Å²) in [6.07, 6.45) is 2.46. The van der Waals surface area contributed by atoms with E-state index >= 15 is 0 Å². The molecule has 0 aliphatic rings. The van der Waals surface area contributed by atoms with Gasteiger partial charge in [0.25, 0.3) is 0 Å². The lowest BCUT2D eigenvalue weighted by Gasteiger charge is -2.18. The van der Waals surface area contributed by atoms with E-state index in [-0.39, 0.29) is 0 Å². The van der Waals surface area contributed by atoms with E-state index in [2.05, 4.69) is 45.1 Å². The van der Waals surface area contributed by atoms with Crippen molar-refractivity contribution in [1.29, 1.82) is 0 Å². The fraction of sp³-hybridized carbons (Fsp3) is 0.600. The van der Waals surface area contributed by atoms with Gasteiger partial charge in [-0.2, -0.15) is 0 Å². The summed E-state index contributed by atoms with van der Waals surface area (Å²) in [6.45, 7) is 8.89. The molecule has 1 atom stereocenters. The predicted molar refractivity (Wildman–Crippen MR) is 74.9 cm³/mol. The molecule has 17 heavy (non-hydrogen) atoms. The third-order valence-electron chi connectivity index (χ3n) is 3.02. The molecule has 0 spiro atoms. The molecule has 0 radical (unpaired) electrons. The average Bonchev–Trinajstić information content (AvgIpc) is 2.29. The van der Waals surface area contributed by atoms with Crippen LogP contribution in [-0.4, -0.2) is 13.2 Å². The van der Waals surface area contributed by atoms with Crippen LogP contribution in [0.1, 0.15) is 39.2 Å². The lowest BCUT2D eigenvalue weighted by molar-refractivity contribution is 0.415. The Bertz CT molecular complexity index is 347. The van der Waals surface area contributed by atoms with Gasteiger partial charge in [-0.15, -0.1) is 0 Å². The molecule has 0 amide bonds. The van der Waals surface area contributed by atoms with Crippen molar-refractivity contribution in [3.63, 3.8) is 0 Å². The van der Waals surface area contributed by atoms with Gasteiger partial charge in [-0.1, -0.05) is 19.9 Å². The highest BCUT2D eigenvalue weighted by Gasteiger charge is 2.06. The summed E-state index contributed by atoms with van der Waals surface area (Å²) in [5, 5.41) is 3.56. The van der Waals surface area contributed by atoms with Crippen LogP contribution >= 0.6 is 0 Å². The Balaban J connectivity index is 2.60. The molecule has 1 rings (SSSR count). The predicted octanol–water partition coefficient (Wildman–Crippen LogP) is 4.24. The summed E-state index contributed by atoms with van der Waals surface area (Å²) in [4.78, 5) is 0. The minimum atomic E-state index is 0.503. The highest BCUT2D eigenvalue weighted by Crippen LogP contribution is 2.23. The number of rotatable bonds is 6. The Morgan fingerprint density at radius 3 is 2.47 bits per heavy atom. The Kier molecular flexibility index (Phi) is 5.33. The van der Waals surface area contributed by atoms with Crippen molar-refractivity contribution in [2.75, 3.05) is 12.4 Å². The smallest absolute Gasteiger partial charge is 0.120 e. The quantitative estimate of drug-likeness (QED) is 0.796. The van der Waals surface area contributed by atoms with Crippen molar-refractivity contribution in [1.82, 2.24) is 0 Å². The molecule has 96 valence electrons. The number of benzene rings is 1. The molecular formula is C15H25NO. The van der Waals surface area contributed by atoms with Gasteiger partial charge in [-0.05, 0) is 44.2 Å². The van der Waals surface area contributed by atoms with Gasteiger partial charge in [0.1, 0.15) is 5.75 Å². The molecule has 2 nitrogen and oxygen atoms in total. The van der Waals surface area contributed by atoms with E-state index in [9.17, 15) is 0 Å². The zero-order valence-electron chi connectivity index (χ0n) is 11.7. The second-order valence-corrected chi connectivity index (χ2v) is 5.20. The van der Waals surface area contributed by atoms with E-state index in [0.29, 0.717) is 6.04 Å². The van der Waals surface area contributed by atoms with E-state index in [1.165, 1.54) is 24.1 Å². The van der Waals surface area contributed by atoms with E-state index in [4.69, 9.17) is 4.74 Å². The van der Waals surface area contributed by atoms with Crippen LogP contribution in [0.2, 0.25) is 0 Å². The van der Waals surface area contributed by atoms with Crippen molar-refractivity contribution in [3.05, 3.63) is 23.8 Å². The second kappa shape index (κ2) is 6.53. The van der Waals surface area contributed by atoms with Gasteiger partial charge in [-0.25, -0.2) is 0 Å². The molecule has 1 aromatic rings. The molecule has 1 N–H and O–H groups in total. The van der Waals surface area contributed by atoms with Crippen LogP contribution in [0.4, 0.5) is 5.69 Å². The lowest BCUT2D eigenvalue weighted by atomic mass is 10.0. The minimum absolute atomic E-state index is 0.503. The van der Waals surface area contributed by atoms with Gasteiger partial charge in [0, 0.05) is 17.8 Å². The normalized spacial score (nSPS) is 12.6. The number of hydrogen-bond acceptors (Lipinski definition) is 2. The van der Waals surface area contributed by atoms with E-state index in [1.807, 2.05) is 6.07 Å². The fourth-order valence-electron chi connectivity index (χ4n) is 1.80. The van der Waals surface area contributed by atoms with Gasteiger partial charge in [0.15, 0.2) is 0 Å². The van der Waals surface area contributed by atoms with Crippen LogP contribution in [0.15, 0.2) is 18.2 Å². The van der Waals surface area contributed by atoms with Crippen molar-refractivity contribution in [2.45, 2.75) is 46.6 Å². The maximum absolute atomic E-state index is 5.25. The number of nitrogens with one attached hydrogen (secondary N) is 1. The topological polar surface area (TPSA) is 21.3 Å². The molecule has 0 heterocycles. The van der Waals surface area contributed by atoms with Crippen LogP contribution in [0.25, 0.3) is 0 Å². The highest BCUT2D eigenvalue weighted by molar-refractivity contribution is 5.55. The molecule has 0 bridgehead atoms. The number of aryl methyl sites for hydroxylation is 1. The first-order valence-electron chi connectivity index (χ1n) is 6.44. The van der Waals surface area contributed by atoms with Crippen LogP contribution in [0.3, 0.4) is 0 Å². The van der Waals surface area contributed by atoms with Crippen LogP contribution in [-0.2, 0) is 0 Å². The number of methoxy groups -OCH3 is 1. The maximum atomic E-state index is 5.25. The zero-order chi connectivity index (χ0) is 12.8. The fourth-order valence-corrected chi connectivity index (χ4v) is 1.80. The van der Waals surface area contributed by atoms with E-state index < -0.39 is 0 Å². The first-order valence-corrected chi connectivity index (χ1v) is 6.44. The molecule has 0 fully saturated rings. The molecule has 1 unspecified atom stereocenters. The number of hydrogen-bond donors (Lipinski definition) is 1. The largest absolute Gasteiger partial charge is 0.497 e. The number of anilines is 1. The molecule has 2 heteroatoms. The van der Waals surface area contributed by atoms with Gasteiger partial charge in [-0.3, -0.25) is 0 Å². The van der Waals surface area contributed by atoms with Crippen molar-refractivity contribution in [3.8, 4) is 5.75 Å². The lowest BCUT2D eigenvalue weighted by Crippen LogP contribution is -2.16. The minimum Gasteiger partial charge on any atom is -0.497 e. The molecule has 0 aliphatic heterocycles. The van der Waals surface area contributed by atoms with Crippen LogP contribution in [0.5, 0.6) is 5.75 Å². The number of ether oxygens (including phenoxy) is 1. The summed E-state index contributed by atoms with van der Waals surface area (Å²) < 4.78 is 5.25. The van der Waals surface area contributed by atoms with Crippen molar-refractivity contribution < 1.29 is 4.74 Å². The van der Waals surface area contributed by atoms with Crippen LogP contribution < -0.4 is 10.1 Å². The van der Waals surface area contributed by atoms with Gasteiger partial charge >= 0.3 is 0 Å². The summed E-state index contributed by atoms with van der Waals surface area (Å²) in [7, 11) is 1.70. The first-order chi connectivity index (χ1) is 8.02. The SMILES string of the molecule is COc1ccc(C)c(NC(C)CCC(C)C)c1. The molecular weight excluding hydrogens is 210 g/mol. The highest BCUT2D eigenvalue weighted by atomic mass is 16.5. The van der Waals surface area contributed by atoms with E-state index in [0.717, 1.165) is 11.7 Å². The van der Waals surface area contributed by atoms with E-state index in [1.54, 1.807) is 7.11 Å². The van der Waals surface area contributed by atoms with Gasteiger partial charge in [0.2, 0.25) is 0 Å². The van der Waals surface area contributed by atoms with Crippen molar-refractivity contribution in [2.24, 2.45) is 5.92 Å². The third kappa shape index (κ3) is 4.68. The first kappa shape index (κ1) is 13.9. The molecule has 0 aromatic heterocycles. The van der Waals surface area contributed by atoms with Crippen LogP contribution in [0, 0.1) is 12.8 Å². The summed E-state index contributed by atoms with van der Waals surface area (Å²) in [6, 6.07) is 6.67. The van der Waals surface area contributed by atoms with Gasteiger partial charge in [0.05, 0.1) is 7.11 Å². The Labute approximate surface area is 105 Å². The summed E-state index contributed by atoms with van der Waals surface area (Å²) >= 11 is 0. The Morgan fingerprint density at radius 2 is 1.88 bits per heavy atom. The summed E-state index contributed by atoms with van der Waals surface area (Å²) in [5.41, 5.74) is 2.45. The maximum Gasteiger partial charge on any atom is 0.120 e. The molecule has 1 aromatic carbocycles. The standard InChI is InChI=1S/C15H25NO/c1-11(2)6-8-13(4)16-15-10-14(17-5)9-7-12(15)3/h7,9-11,13,16H,6,8H2,1-5H3. The average molecular weight is 235 g/mol. The zero-order valence-corrected chi connectivity index (χ0v) is 11.7.